The van der Waals surface area contributed by atoms with Crippen LogP contribution in [0.1, 0.15) is 50.0 Å². The zero-order valence-electron chi connectivity index (χ0n) is 12.6. The third kappa shape index (κ3) is 3.46. The van der Waals surface area contributed by atoms with Crippen molar-refractivity contribution in [1.82, 2.24) is 5.32 Å². The lowest BCUT2D eigenvalue weighted by Gasteiger charge is -2.25. The van der Waals surface area contributed by atoms with Crippen LogP contribution in [0.3, 0.4) is 0 Å². The Hall–Kier alpha value is -1.77. The summed E-state index contributed by atoms with van der Waals surface area (Å²) in [6, 6.07) is 8.67. The number of benzene rings is 1. The summed E-state index contributed by atoms with van der Waals surface area (Å²) in [7, 11) is 1.67. The van der Waals surface area contributed by atoms with Gasteiger partial charge >= 0.3 is 0 Å². The fourth-order valence-corrected chi connectivity index (χ4v) is 3.44. The van der Waals surface area contributed by atoms with Gasteiger partial charge in [-0.1, -0.05) is 25.0 Å². The first-order valence-corrected chi connectivity index (χ1v) is 7.88. The Morgan fingerprint density at radius 2 is 1.81 bits per heavy atom. The highest BCUT2D eigenvalue weighted by molar-refractivity contribution is 5.92. The van der Waals surface area contributed by atoms with Gasteiger partial charge in [0.25, 0.3) is 0 Å². The van der Waals surface area contributed by atoms with E-state index in [-0.39, 0.29) is 11.7 Å². The molecule has 1 aromatic rings. The largest absolute Gasteiger partial charge is 0.497 e. The average Bonchev–Trinajstić information content (AvgIpc) is 2.99. The summed E-state index contributed by atoms with van der Waals surface area (Å²) in [6.07, 6.45) is 8.45. The molecule has 0 unspecified atom stereocenters. The molecule has 21 heavy (non-hydrogen) atoms. The first kappa shape index (κ1) is 14.2. The molecule has 0 aliphatic heterocycles. The molecule has 0 radical (unpaired) electrons. The van der Waals surface area contributed by atoms with Gasteiger partial charge in [-0.05, 0) is 42.9 Å². The van der Waals surface area contributed by atoms with Crippen LogP contribution in [0.15, 0.2) is 36.0 Å². The molecule has 0 amide bonds. The van der Waals surface area contributed by atoms with E-state index in [1.807, 2.05) is 18.2 Å². The number of hydrogen-bond donors (Lipinski definition) is 1. The molecule has 1 fully saturated rings. The summed E-state index contributed by atoms with van der Waals surface area (Å²) in [4.78, 5) is 12.0. The van der Waals surface area contributed by atoms with Crippen molar-refractivity contribution in [3.05, 3.63) is 41.6 Å². The van der Waals surface area contributed by atoms with Crippen molar-refractivity contribution in [3.8, 4) is 5.75 Å². The van der Waals surface area contributed by atoms with E-state index < -0.39 is 0 Å². The van der Waals surface area contributed by atoms with Crippen LogP contribution >= 0.6 is 0 Å². The summed E-state index contributed by atoms with van der Waals surface area (Å²) in [5.41, 5.74) is 2.35. The van der Waals surface area contributed by atoms with E-state index in [1.54, 1.807) is 7.11 Å². The van der Waals surface area contributed by atoms with Crippen molar-refractivity contribution in [2.45, 2.75) is 50.5 Å². The molecule has 2 aliphatic rings. The van der Waals surface area contributed by atoms with Gasteiger partial charge in [-0.2, -0.15) is 0 Å². The third-order valence-electron chi connectivity index (χ3n) is 4.58. The molecular weight excluding hydrogens is 262 g/mol. The standard InChI is InChI=1S/C18H23NO2/c1-21-18-8-6-13(7-9-18)14-10-16(12-17(20)11-14)19-15-4-2-3-5-15/h6-9,12,14-15,19H,2-5,10-11H2,1H3/t14-/m0/s1. The quantitative estimate of drug-likeness (QED) is 0.919. The minimum absolute atomic E-state index is 0.238. The molecule has 3 rings (SSSR count). The van der Waals surface area contributed by atoms with Crippen molar-refractivity contribution in [1.29, 1.82) is 0 Å². The fourth-order valence-electron chi connectivity index (χ4n) is 3.44. The van der Waals surface area contributed by atoms with Crippen molar-refractivity contribution in [3.63, 3.8) is 0 Å². The minimum Gasteiger partial charge on any atom is -0.497 e. The van der Waals surface area contributed by atoms with E-state index in [0.717, 1.165) is 17.9 Å². The van der Waals surface area contributed by atoms with Crippen LogP contribution in [0.5, 0.6) is 5.75 Å². The Morgan fingerprint density at radius 3 is 2.48 bits per heavy atom. The molecule has 0 bridgehead atoms. The zero-order valence-corrected chi connectivity index (χ0v) is 12.6. The summed E-state index contributed by atoms with van der Waals surface area (Å²) in [5, 5.41) is 3.59. The Kier molecular flexibility index (Phi) is 4.28. The topological polar surface area (TPSA) is 38.3 Å². The molecule has 3 nitrogen and oxygen atoms in total. The predicted octanol–water partition coefficient (Wildman–Crippen LogP) is 3.56. The molecule has 1 N–H and O–H groups in total. The second-order valence-corrected chi connectivity index (χ2v) is 6.14. The van der Waals surface area contributed by atoms with Crippen LogP contribution in [0.4, 0.5) is 0 Å². The normalized spacial score (nSPS) is 23.0. The predicted molar refractivity (Wildman–Crippen MR) is 83.5 cm³/mol. The van der Waals surface area contributed by atoms with Gasteiger partial charge in [0.15, 0.2) is 5.78 Å². The fraction of sp³-hybridized carbons (Fsp3) is 0.500. The number of ether oxygens (including phenoxy) is 1. The second-order valence-electron chi connectivity index (χ2n) is 6.14. The number of nitrogens with one attached hydrogen (secondary N) is 1. The summed E-state index contributed by atoms with van der Waals surface area (Å²) in [5.74, 6) is 1.39. The van der Waals surface area contributed by atoms with Gasteiger partial charge in [-0.25, -0.2) is 0 Å². The molecule has 0 aromatic heterocycles. The number of ketones is 1. The summed E-state index contributed by atoms with van der Waals surface area (Å²) < 4.78 is 5.20. The Balaban J connectivity index is 1.69. The van der Waals surface area contributed by atoms with Gasteiger partial charge in [0.2, 0.25) is 0 Å². The smallest absolute Gasteiger partial charge is 0.158 e. The SMILES string of the molecule is COc1ccc([C@@H]2CC(=O)C=C(NC3CCCC3)C2)cc1. The van der Waals surface area contributed by atoms with Crippen LogP contribution < -0.4 is 10.1 Å². The first-order chi connectivity index (χ1) is 10.2. The molecular formula is C18H23NO2. The number of carbonyl (C=O) groups excluding carboxylic acids is 1. The highest BCUT2D eigenvalue weighted by atomic mass is 16.5. The van der Waals surface area contributed by atoms with E-state index in [2.05, 4.69) is 17.4 Å². The first-order valence-electron chi connectivity index (χ1n) is 7.88. The van der Waals surface area contributed by atoms with Gasteiger partial charge in [0.05, 0.1) is 7.11 Å². The van der Waals surface area contributed by atoms with Gasteiger partial charge in [0, 0.05) is 24.2 Å². The lowest BCUT2D eigenvalue weighted by atomic mass is 9.85. The summed E-state index contributed by atoms with van der Waals surface area (Å²) >= 11 is 0. The molecule has 0 heterocycles. The highest BCUT2D eigenvalue weighted by Gasteiger charge is 2.24. The molecule has 2 aliphatic carbocycles. The molecule has 1 atom stereocenters. The third-order valence-corrected chi connectivity index (χ3v) is 4.58. The second kappa shape index (κ2) is 6.33. The maximum Gasteiger partial charge on any atom is 0.158 e. The van der Waals surface area contributed by atoms with Gasteiger partial charge in [-0.15, -0.1) is 0 Å². The number of hydrogen-bond acceptors (Lipinski definition) is 3. The van der Waals surface area contributed by atoms with E-state index in [1.165, 1.54) is 31.2 Å². The van der Waals surface area contributed by atoms with E-state index in [9.17, 15) is 4.79 Å². The number of allylic oxidation sites excluding steroid dienone is 2. The molecule has 0 spiro atoms. The maximum atomic E-state index is 12.0. The average molecular weight is 285 g/mol. The Morgan fingerprint density at radius 1 is 1.10 bits per heavy atom. The van der Waals surface area contributed by atoms with Crippen LogP contribution in [0.25, 0.3) is 0 Å². The maximum absolute atomic E-state index is 12.0. The van der Waals surface area contributed by atoms with Gasteiger partial charge in [-0.3, -0.25) is 4.79 Å². The van der Waals surface area contributed by atoms with E-state index in [0.29, 0.717) is 12.5 Å². The molecule has 0 saturated heterocycles. The van der Waals surface area contributed by atoms with E-state index >= 15 is 0 Å². The Bertz CT molecular complexity index is 527. The monoisotopic (exact) mass is 285 g/mol. The number of carbonyl (C=O) groups is 1. The van der Waals surface area contributed by atoms with Crippen molar-refractivity contribution in [2.75, 3.05) is 7.11 Å². The number of rotatable bonds is 4. The highest BCUT2D eigenvalue weighted by Crippen LogP contribution is 2.32. The van der Waals surface area contributed by atoms with Crippen LogP contribution in [-0.4, -0.2) is 18.9 Å². The van der Waals surface area contributed by atoms with Gasteiger partial charge in [0.1, 0.15) is 5.75 Å². The zero-order chi connectivity index (χ0) is 14.7. The Labute approximate surface area is 126 Å². The van der Waals surface area contributed by atoms with Crippen LogP contribution in [-0.2, 0) is 4.79 Å². The lowest BCUT2D eigenvalue weighted by Crippen LogP contribution is -2.29. The summed E-state index contributed by atoms with van der Waals surface area (Å²) in [6.45, 7) is 0. The molecule has 112 valence electrons. The van der Waals surface area contributed by atoms with Crippen LogP contribution in [0, 0.1) is 0 Å². The molecule has 1 saturated carbocycles. The number of methoxy groups -OCH3 is 1. The van der Waals surface area contributed by atoms with Gasteiger partial charge < -0.3 is 10.1 Å². The van der Waals surface area contributed by atoms with Crippen LogP contribution in [0.2, 0.25) is 0 Å². The van der Waals surface area contributed by atoms with Crippen molar-refractivity contribution < 1.29 is 9.53 Å². The van der Waals surface area contributed by atoms with Crippen molar-refractivity contribution >= 4 is 5.78 Å². The molecule has 3 heteroatoms. The van der Waals surface area contributed by atoms with E-state index in [4.69, 9.17) is 4.74 Å². The lowest BCUT2D eigenvalue weighted by molar-refractivity contribution is -0.115. The minimum atomic E-state index is 0.238. The van der Waals surface area contributed by atoms with Crippen molar-refractivity contribution in [2.24, 2.45) is 0 Å². The molecule has 1 aromatic carbocycles.